The number of hydrogen-bond donors (Lipinski definition) is 1. The second kappa shape index (κ2) is 6.20. The predicted molar refractivity (Wildman–Crippen MR) is 70.6 cm³/mol. The van der Waals surface area contributed by atoms with Crippen LogP contribution in [0.2, 0.25) is 0 Å². The zero-order valence-electron chi connectivity index (χ0n) is 10.0. The Morgan fingerprint density at radius 1 is 1.28 bits per heavy atom. The van der Waals surface area contributed by atoms with E-state index in [0.29, 0.717) is 18.2 Å². The number of aromatic nitrogens is 3. The molecule has 5 nitrogen and oxygen atoms in total. The molecule has 0 aliphatic carbocycles. The summed E-state index contributed by atoms with van der Waals surface area (Å²) in [5.74, 6) is 0.482. The maximum atomic E-state index is 5.80. The summed E-state index contributed by atoms with van der Waals surface area (Å²) >= 11 is 1.45. The van der Waals surface area contributed by atoms with E-state index in [1.807, 2.05) is 19.1 Å². The van der Waals surface area contributed by atoms with Gasteiger partial charge in [-0.25, -0.2) is 15.0 Å². The van der Waals surface area contributed by atoms with Gasteiger partial charge in [-0.2, -0.15) is 0 Å². The van der Waals surface area contributed by atoms with E-state index >= 15 is 0 Å². The SMILES string of the molecule is CCCOc1nc(Sc2ccncn2)ccc1N. The standard InChI is InChI=1S/C12H14N4OS/c1-2-7-17-12-9(13)3-4-11(16-12)18-10-5-6-14-8-15-10/h3-6,8H,2,7,13H2,1H3. The van der Waals surface area contributed by atoms with Gasteiger partial charge in [-0.05, 0) is 36.4 Å². The molecule has 0 bridgehead atoms. The van der Waals surface area contributed by atoms with Gasteiger partial charge in [0.25, 0.3) is 0 Å². The summed E-state index contributed by atoms with van der Waals surface area (Å²) in [4.78, 5) is 12.4. The Balaban J connectivity index is 2.14. The van der Waals surface area contributed by atoms with E-state index in [-0.39, 0.29) is 0 Å². The first kappa shape index (κ1) is 12.6. The molecule has 0 radical (unpaired) electrons. The van der Waals surface area contributed by atoms with Crippen LogP contribution in [0.5, 0.6) is 5.88 Å². The van der Waals surface area contributed by atoms with Gasteiger partial charge >= 0.3 is 0 Å². The molecule has 2 aromatic rings. The molecule has 0 amide bonds. The van der Waals surface area contributed by atoms with Crippen LogP contribution in [0, 0.1) is 0 Å². The summed E-state index contributed by atoms with van der Waals surface area (Å²) in [5, 5.41) is 1.64. The Kier molecular flexibility index (Phi) is 4.35. The van der Waals surface area contributed by atoms with Crippen molar-refractivity contribution in [3.8, 4) is 5.88 Å². The lowest BCUT2D eigenvalue weighted by Crippen LogP contribution is -2.01. The normalized spacial score (nSPS) is 10.3. The lowest BCUT2D eigenvalue weighted by Gasteiger charge is -2.08. The smallest absolute Gasteiger partial charge is 0.238 e. The Hall–Kier alpha value is -1.82. The van der Waals surface area contributed by atoms with E-state index in [1.54, 1.807) is 12.3 Å². The molecule has 0 saturated heterocycles. The Bertz CT molecular complexity index is 507. The second-order valence-corrected chi connectivity index (χ2v) is 4.58. The molecule has 2 rings (SSSR count). The average molecular weight is 262 g/mol. The zero-order valence-corrected chi connectivity index (χ0v) is 10.9. The van der Waals surface area contributed by atoms with Gasteiger partial charge in [0.1, 0.15) is 16.4 Å². The van der Waals surface area contributed by atoms with Crippen molar-refractivity contribution < 1.29 is 4.74 Å². The number of rotatable bonds is 5. The first-order valence-electron chi connectivity index (χ1n) is 5.62. The van der Waals surface area contributed by atoms with Crippen LogP contribution in [-0.4, -0.2) is 21.6 Å². The molecule has 0 aromatic carbocycles. The highest BCUT2D eigenvalue weighted by molar-refractivity contribution is 7.99. The zero-order chi connectivity index (χ0) is 12.8. The monoisotopic (exact) mass is 262 g/mol. The molecule has 2 N–H and O–H groups in total. The van der Waals surface area contributed by atoms with E-state index in [2.05, 4.69) is 15.0 Å². The third-order valence-corrected chi connectivity index (χ3v) is 2.96. The van der Waals surface area contributed by atoms with Crippen molar-refractivity contribution in [3.05, 3.63) is 30.7 Å². The number of nitrogens with zero attached hydrogens (tertiary/aromatic N) is 3. The minimum atomic E-state index is 0.482. The highest BCUT2D eigenvalue weighted by atomic mass is 32.2. The topological polar surface area (TPSA) is 73.9 Å². The van der Waals surface area contributed by atoms with Crippen LogP contribution in [0.1, 0.15) is 13.3 Å². The number of nitrogens with two attached hydrogens (primary N) is 1. The Morgan fingerprint density at radius 2 is 2.17 bits per heavy atom. The van der Waals surface area contributed by atoms with Crippen molar-refractivity contribution in [2.45, 2.75) is 23.4 Å². The molecule has 0 fully saturated rings. The molecule has 0 aliphatic heterocycles. The molecule has 94 valence electrons. The van der Waals surface area contributed by atoms with E-state index in [1.165, 1.54) is 18.1 Å². The average Bonchev–Trinajstić information content (AvgIpc) is 2.40. The van der Waals surface area contributed by atoms with Gasteiger partial charge in [0, 0.05) is 6.20 Å². The minimum Gasteiger partial charge on any atom is -0.476 e. The van der Waals surface area contributed by atoms with Crippen molar-refractivity contribution in [2.75, 3.05) is 12.3 Å². The van der Waals surface area contributed by atoms with Gasteiger partial charge in [-0.15, -0.1) is 0 Å². The Morgan fingerprint density at radius 3 is 2.89 bits per heavy atom. The lowest BCUT2D eigenvalue weighted by atomic mass is 10.4. The highest BCUT2D eigenvalue weighted by Gasteiger charge is 2.06. The molecular formula is C12H14N4OS. The maximum absolute atomic E-state index is 5.80. The Labute approximate surface area is 110 Å². The largest absolute Gasteiger partial charge is 0.476 e. The molecule has 0 aliphatic rings. The third-order valence-electron chi connectivity index (χ3n) is 2.07. The number of anilines is 1. The van der Waals surface area contributed by atoms with Crippen LogP contribution in [0.4, 0.5) is 5.69 Å². The fourth-order valence-corrected chi connectivity index (χ4v) is 1.96. The van der Waals surface area contributed by atoms with Gasteiger partial charge in [0.2, 0.25) is 5.88 Å². The van der Waals surface area contributed by atoms with Crippen molar-refractivity contribution in [3.63, 3.8) is 0 Å². The highest BCUT2D eigenvalue weighted by Crippen LogP contribution is 2.28. The van der Waals surface area contributed by atoms with Gasteiger partial charge in [0.15, 0.2) is 0 Å². The predicted octanol–water partition coefficient (Wildman–Crippen LogP) is 2.39. The summed E-state index contributed by atoms with van der Waals surface area (Å²) in [7, 11) is 0. The second-order valence-electron chi connectivity index (χ2n) is 3.54. The summed E-state index contributed by atoms with van der Waals surface area (Å²) < 4.78 is 5.48. The molecule has 0 saturated carbocycles. The van der Waals surface area contributed by atoms with Crippen molar-refractivity contribution in [1.29, 1.82) is 0 Å². The van der Waals surface area contributed by atoms with Crippen LogP contribution < -0.4 is 10.5 Å². The van der Waals surface area contributed by atoms with E-state index < -0.39 is 0 Å². The fraction of sp³-hybridized carbons (Fsp3) is 0.250. The first-order valence-corrected chi connectivity index (χ1v) is 6.44. The molecule has 6 heteroatoms. The lowest BCUT2D eigenvalue weighted by molar-refractivity contribution is 0.305. The van der Waals surface area contributed by atoms with Crippen LogP contribution in [0.3, 0.4) is 0 Å². The number of ether oxygens (including phenoxy) is 1. The van der Waals surface area contributed by atoms with Gasteiger partial charge < -0.3 is 10.5 Å². The van der Waals surface area contributed by atoms with Crippen molar-refractivity contribution in [2.24, 2.45) is 0 Å². The minimum absolute atomic E-state index is 0.482. The summed E-state index contributed by atoms with van der Waals surface area (Å²) in [6, 6.07) is 5.47. The number of nitrogen functional groups attached to an aromatic ring is 1. The quantitative estimate of drug-likeness (QED) is 0.834. The van der Waals surface area contributed by atoms with Crippen LogP contribution in [0.15, 0.2) is 40.8 Å². The van der Waals surface area contributed by atoms with E-state index in [0.717, 1.165) is 16.5 Å². The van der Waals surface area contributed by atoms with Crippen LogP contribution >= 0.6 is 11.8 Å². The first-order chi connectivity index (χ1) is 8.79. The third kappa shape index (κ3) is 3.33. The molecule has 0 atom stereocenters. The molecular weight excluding hydrogens is 248 g/mol. The number of pyridine rings is 1. The van der Waals surface area contributed by atoms with E-state index in [4.69, 9.17) is 10.5 Å². The van der Waals surface area contributed by atoms with Gasteiger partial charge in [-0.3, -0.25) is 0 Å². The molecule has 2 aromatic heterocycles. The van der Waals surface area contributed by atoms with Crippen LogP contribution in [0.25, 0.3) is 0 Å². The van der Waals surface area contributed by atoms with Gasteiger partial charge in [-0.1, -0.05) is 6.92 Å². The van der Waals surface area contributed by atoms with Crippen molar-refractivity contribution >= 4 is 17.4 Å². The fourth-order valence-electron chi connectivity index (χ4n) is 1.25. The maximum Gasteiger partial charge on any atom is 0.238 e. The molecule has 0 unspecified atom stereocenters. The summed E-state index contributed by atoms with van der Waals surface area (Å²) in [6.07, 6.45) is 4.12. The van der Waals surface area contributed by atoms with E-state index in [9.17, 15) is 0 Å². The summed E-state index contributed by atoms with van der Waals surface area (Å²) in [6.45, 7) is 2.65. The summed E-state index contributed by atoms with van der Waals surface area (Å²) in [5.41, 5.74) is 6.35. The van der Waals surface area contributed by atoms with Crippen molar-refractivity contribution in [1.82, 2.24) is 15.0 Å². The van der Waals surface area contributed by atoms with Crippen LogP contribution in [-0.2, 0) is 0 Å². The molecule has 18 heavy (non-hydrogen) atoms. The number of hydrogen-bond acceptors (Lipinski definition) is 6. The molecule has 0 spiro atoms. The van der Waals surface area contributed by atoms with Gasteiger partial charge in [0.05, 0.1) is 12.3 Å². The molecule has 2 heterocycles.